The van der Waals surface area contributed by atoms with Gasteiger partial charge >= 0.3 is 5.97 Å². The van der Waals surface area contributed by atoms with E-state index in [0.717, 1.165) is 18.7 Å². The van der Waals surface area contributed by atoms with Crippen LogP contribution in [0.5, 0.6) is 0 Å². The van der Waals surface area contributed by atoms with Crippen LogP contribution in [0, 0.1) is 0 Å². The average Bonchev–Trinajstić information content (AvgIpc) is 2.34. The van der Waals surface area contributed by atoms with Crippen LogP contribution in [-0.4, -0.2) is 41.9 Å². The zero-order valence-corrected chi connectivity index (χ0v) is 10.5. The summed E-state index contributed by atoms with van der Waals surface area (Å²) in [5.74, 6) is -0.906. The molecule has 0 heterocycles. The lowest BCUT2D eigenvalue weighted by Crippen LogP contribution is -2.31. The van der Waals surface area contributed by atoms with Crippen molar-refractivity contribution in [2.45, 2.75) is 19.6 Å². The minimum absolute atomic E-state index is 0.303. The van der Waals surface area contributed by atoms with Crippen LogP contribution in [0.3, 0.4) is 0 Å². The van der Waals surface area contributed by atoms with Gasteiger partial charge in [-0.2, -0.15) is 0 Å². The predicted octanol–water partition coefficient (Wildman–Crippen LogP) is 0.445. The second-order valence-corrected chi connectivity index (χ2v) is 4.23. The molecular weight excluding hydrogens is 232 g/mol. The summed E-state index contributed by atoms with van der Waals surface area (Å²) < 4.78 is 0. The number of hydrogen-bond donors (Lipinski definition) is 4. The largest absolute Gasteiger partial charge is 0.478 e. The van der Waals surface area contributed by atoms with Crippen molar-refractivity contribution in [1.29, 1.82) is 0 Å². The minimum atomic E-state index is -0.906. The first kappa shape index (κ1) is 14.6. The number of aliphatic hydroxyl groups excluding tert-OH is 1. The van der Waals surface area contributed by atoms with Crippen LogP contribution in [0.2, 0.25) is 0 Å². The monoisotopic (exact) mass is 252 g/mol. The molecule has 0 aliphatic rings. The van der Waals surface area contributed by atoms with E-state index < -0.39 is 5.97 Å². The summed E-state index contributed by atoms with van der Waals surface area (Å²) >= 11 is 0. The Morgan fingerprint density at radius 3 is 2.39 bits per heavy atom. The van der Waals surface area contributed by atoms with Crippen molar-refractivity contribution >= 4 is 5.97 Å². The maximum Gasteiger partial charge on any atom is 0.335 e. The van der Waals surface area contributed by atoms with Crippen molar-refractivity contribution in [3.8, 4) is 0 Å². The van der Waals surface area contributed by atoms with E-state index in [-0.39, 0.29) is 6.10 Å². The lowest BCUT2D eigenvalue weighted by atomic mass is 10.1. The molecule has 0 aromatic heterocycles. The third-order valence-corrected chi connectivity index (χ3v) is 2.45. The highest BCUT2D eigenvalue weighted by Crippen LogP contribution is 2.03. The van der Waals surface area contributed by atoms with Gasteiger partial charge in [-0.05, 0) is 24.6 Å². The number of hydrogen-bond acceptors (Lipinski definition) is 4. The molecule has 0 fully saturated rings. The molecule has 1 atom stereocenters. The Balaban J connectivity index is 2.17. The van der Waals surface area contributed by atoms with Gasteiger partial charge < -0.3 is 20.8 Å². The quantitative estimate of drug-likeness (QED) is 0.505. The number of rotatable bonds is 8. The van der Waals surface area contributed by atoms with Gasteiger partial charge in [0.1, 0.15) is 0 Å². The summed E-state index contributed by atoms with van der Waals surface area (Å²) in [5, 5.41) is 24.1. The molecule has 1 aromatic rings. The smallest absolute Gasteiger partial charge is 0.335 e. The first-order valence-electron chi connectivity index (χ1n) is 6.01. The number of aliphatic hydroxyl groups is 1. The van der Waals surface area contributed by atoms with E-state index in [1.807, 2.05) is 0 Å². The fourth-order valence-corrected chi connectivity index (χ4v) is 1.49. The number of carbonyl (C=O) groups is 1. The molecule has 0 aliphatic carbocycles. The molecule has 1 aromatic carbocycles. The van der Waals surface area contributed by atoms with Gasteiger partial charge in [0.15, 0.2) is 0 Å². The Morgan fingerprint density at radius 1 is 1.22 bits per heavy atom. The molecule has 0 aliphatic heterocycles. The topological polar surface area (TPSA) is 81.6 Å². The van der Waals surface area contributed by atoms with Gasteiger partial charge in [-0.1, -0.05) is 12.1 Å². The Morgan fingerprint density at radius 2 is 1.83 bits per heavy atom. The molecule has 5 nitrogen and oxygen atoms in total. The first-order chi connectivity index (χ1) is 8.59. The summed E-state index contributed by atoms with van der Waals surface area (Å²) in [6.45, 7) is 4.63. The highest BCUT2D eigenvalue weighted by molar-refractivity contribution is 5.87. The summed E-state index contributed by atoms with van der Waals surface area (Å²) in [7, 11) is 0. The maximum absolute atomic E-state index is 10.7. The third kappa shape index (κ3) is 5.77. The molecule has 0 saturated carbocycles. The second-order valence-electron chi connectivity index (χ2n) is 4.23. The number of aromatic carboxylic acids is 1. The molecule has 0 saturated heterocycles. The van der Waals surface area contributed by atoms with Crippen LogP contribution >= 0.6 is 0 Å². The standard InChI is InChI=1S/C13H20N2O3/c1-10(16)8-14-6-7-15-9-11-2-4-12(5-3-11)13(17)18/h2-5,10,14-16H,6-9H2,1H3,(H,17,18). The summed E-state index contributed by atoms with van der Waals surface area (Å²) in [5.41, 5.74) is 1.35. The summed E-state index contributed by atoms with van der Waals surface area (Å²) in [6, 6.07) is 6.81. The van der Waals surface area contributed by atoms with E-state index >= 15 is 0 Å². The van der Waals surface area contributed by atoms with Crippen LogP contribution in [-0.2, 0) is 6.54 Å². The average molecular weight is 252 g/mol. The van der Waals surface area contributed by atoms with Crippen LogP contribution in [0.4, 0.5) is 0 Å². The first-order valence-corrected chi connectivity index (χ1v) is 6.01. The molecule has 0 radical (unpaired) electrons. The molecule has 0 bridgehead atoms. The molecule has 100 valence electrons. The third-order valence-electron chi connectivity index (χ3n) is 2.45. The zero-order valence-electron chi connectivity index (χ0n) is 10.5. The fourth-order valence-electron chi connectivity index (χ4n) is 1.49. The van der Waals surface area contributed by atoms with E-state index in [0.29, 0.717) is 18.7 Å². The fraction of sp³-hybridized carbons (Fsp3) is 0.462. The van der Waals surface area contributed by atoms with Crippen molar-refractivity contribution in [1.82, 2.24) is 10.6 Å². The normalized spacial score (nSPS) is 12.3. The van der Waals surface area contributed by atoms with Gasteiger partial charge in [0.2, 0.25) is 0 Å². The molecule has 0 amide bonds. The number of carboxylic acid groups (broad SMARTS) is 1. The molecule has 4 N–H and O–H groups in total. The van der Waals surface area contributed by atoms with Crippen molar-refractivity contribution in [2.24, 2.45) is 0 Å². The van der Waals surface area contributed by atoms with Gasteiger partial charge in [-0.3, -0.25) is 0 Å². The Kier molecular flexibility index (Phi) is 6.35. The van der Waals surface area contributed by atoms with E-state index in [1.54, 1.807) is 31.2 Å². The van der Waals surface area contributed by atoms with Gasteiger partial charge in [0.25, 0.3) is 0 Å². The van der Waals surface area contributed by atoms with Crippen LogP contribution in [0.15, 0.2) is 24.3 Å². The SMILES string of the molecule is CC(O)CNCCNCc1ccc(C(=O)O)cc1. The number of carboxylic acids is 1. The molecule has 0 spiro atoms. The molecule has 18 heavy (non-hydrogen) atoms. The Hall–Kier alpha value is -1.43. The van der Waals surface area contributed by atoms with Gasteiger partial charge in [0, 0.05) is 26.2 Å². The molecular formula is C13H20N2O3. The number of nitrogens with one attached hydrogen (secondary N) is 2. The van der Waals surface area contributed by atoms with Gasteiger partial charge in [-0.25, -0.2) is 4.79 Å². The highest BCUT2D eigenvalue weighted by Gasteiger charge is 2.01. The summed E-state index contributed by atoms with van der Waals surface area (Å²) in [4.78, 5) is 10.7. The maximum atomic E-state index is 10.7. The summed E-state index contributed by atoms with van der Waals surface area (Å²) in [6.07, 6.45) is -0.325. The Labute approximate surface area is 107 Å². The van der Waals surface area contributed by atoms with E-state index in [9.17, 15) is 4.79 Å². The lowest BCUT2D eigenvalue weighted by Gasteiger charge is -2.08. The van der Waals surface area contributed by atoms with Gasteiger partial charge in [-0.15, -0.1) is 0 Å². The van der Waals surface area contributed by atoms with Crippen LogP contribution in [0.25, 0.3) is 0 Å². The molecule has 1 rings (SSSR count). The Bertz CT molecular complexity index is 363. The zero-order chi connectivity index (χ0) is 13.4. The van der Waals surface area contributed by atoms with Crippen LogP contribution in [0.1, 0.15) is 22.8 Å². The van der Waals surface area contributed by atoms with Crippen molar-refractivity contribution < 1.29 is 15.0 Å². The molecule has 5 heteroatoms. The van der Waals surface area contributed by atoms with Crippen molar-refractivity contribution in [2.75, 3.05) is 19.6 Å². The second kappa shape index (κ2) is 7.81. The van der Waals surface area contributed by atoms with Gasteiger partial charge in [0.05, 0.1) is 11.7 Å². The van der Waals surface area contributed by atoms with E-state index in [2.05, 4.69) is 10.6 Å². The van der Waals surface area contributed by atoms with Crippen molar-refractivity contribution in [3.63, 3.8) is 0 Å². The van der Waals surface area contributed by atoms with E-state index in [4.69, 9.17) is 10.2 Å². The van der Waals surface area contributed by atoms with Crippen molar-refractivity contribution in [3.05, 3.63) is 35.4 Å². The lowest BCUT2D eigenvalue weighted by molar-refractivity contribution is 0.0697. The van der Waals surface area contributed by atoms with Crippen LogP contribution < -0.4 is 10.6 Å². The number of benzene rings is 1. The predicted molar refractivity (Wildman–Crippen MR) is 69.7 cm³/mol. The minimum Gasteiger partial charge on any atom is -0.478 e. The highest BCUT2D eigenvalue weighted by atomic mass is 16.4. The van der Waals surface area contributed by atoms with E-state index in [1.165, 1.54) is 0 Å². The molecule has 1 unspecified atom stereocenters.